The zero-order chi connectivity index (χ0) is 13.0. The van der Waals surface area contributed by atoms with Gasteiger partial charge in [-0.05, 0) is 24.6 Å². The van der Waals surface area contributed by atoms with E-state index in [0.717, 1.165) is 12.2 Å². The minimum Gasteiger partial charge on any atom is -0.399 e. The SMILES string of the molecule is COCCCSc1nc2ccc(N)cc2c(=O)[nH]1. The van der Waals surface area contributed by atoms with Gasteiger partial charge in [0.05, 0.1) is 10.9 Å². The Morgan fingerprint density at radius 1 is 1.50 bits per heavy atom. The third-order valence-electron chi connectivity index (χ3n) is 2.44. The summed E-state index contributed by atoms with van der Waals surface area (Å²) in [4.78, 5) is 19.0. The molecule has 18 heavy (non-hydrogen) atoms. The standard InChI is InChI=1S/C12H15N3O2S/c1-17-5-2-6-18-12-14-10-4-3-8(13)7-9(10)11(16)15-12/h3-4,7H,2,5-6,13H2,1H3,(H,14,15,16). The first-order valence-electron chi connectivity index (χ1n) is 5.62. The lowest BCUT2D eigenvalue weighted by Crippen LogP contribution is -2.09. The molecule has 5 nitrogen and oxygen atoms in total. The molecule has 0 unspecified atom stereocenters. The minimum absolute atomic E-state index is 0.151. The first-order chi connectivity index (χ1) is 8.70. The van der Waals surface area contributed by atoms with Crippen LogP contribution in [0, 0.1) is 0 Å². The molecule has 96 valence electrons. The predicted octanol–water partition coefficient (Wildman–Crippen LogP) is 1.63. The number of methoxy groups -OCH3 is 1. The molecule has 0 spiro atoms. The second kappa shape index (κ2) is 5.88. The average Bonchev–Trinajstić information content (AvgIpc) is 2.36. The number of anilines is 1. The monoisotopic (exact) mass is 265 g/mol. The van der Waals surface area contributed by atoms with E-state index in [-0.39, 0.29) is 5.56 Å². The van der Waals surface area contributed by atoms with Crippen molar-refractivity contribution in [2.24, 2.45) is 0 Å². The summed E-state index contributed by atoms with van der Waals surface area (Å²) in [6.07, 6.45) is 0.921. The number of ether oxygens (including phenoxy) is 1. The number of benzene rings is 1. The Balaban J connectivity index is 2.21. The smallest absolute Gasteiger partial charge is 0.259 e. The molecule has 0 atom stereocenters. The van der Waals surface area contributed by atoms with Crippen LogP contribution in [0.3, 0.4) is 0 Å². The summed E-state index contributed by atoms with van der Waals surface area (Å²) in [6.45, 7) is 0.710. The maximum absolute atomic E-state index is 11.9. The van der Waals surface area contributed by atoms with Crippen LogP contribution in [0.4, 0.5) is 5.69 Å². The summed E-state index contributed by atoms with van der Waals surface area (Å²) in [5.74, 6) is 0.858. The summed E-state index contributed by atoms with van der Waals surface area (Å²) in [6, 6.07) is 5.15. The first-order valence-corrected chi connectivity index (χ1v) is 6.60. The highest BCUT2D eigenvalue weighted by atomic mass is 32.2. The number of hydrogen-bond donors (Lipinski definition) is 2. The van der Waals surface area contributed by atoms with Crippen molar-refractivity contribution < 1.29 is 4.74 Å². The number of thioether (sulfide) groups is 1. The Hall–Kier alpha value is -1.53. The van der Waals surface area contributed by atoms with Gasteiger partial charge in [0.15, 0.2) is 5.16 Å². The molecule has 0 radical (unpaired) electrons. The van der Waals surface area contributed by atoms with Crippen molar-refractivity contribution in [2.45, 2.75) is 11.6 Å². The summed E-state index contributed by atoms with van der Waals surface area (Å²) in [7, 11) is 1.67. The Bertz CT molecular complexity index is 597. The molecule has 1 aromatic heterocycles. The molecule has 0 amide bonds. The molecule has 0 aliphatic heterocycles. The van der Waals surface area contributed by atoms with Crippen LogP contribution in [0.1, 0.15) is 6.42 Å². The molecule has 0 aliphatic carbocycles. The van der Waals surface area contributed by atoms with Gasteiger partial charge in [0.25, 0.3) is 5.56 Å². The van der Waals surface area contributed by atoms with Crippen LogP contribution in [0.2, 0.25) is 0 Å². The number of aromatic nitrogens is 2. The number of aromatic amines is 1. The quantitative estimate of drug-likeness (QED) is 0.372. The molecule has 0 bridgehead atoms. The number of nitrogen functional groups attached to an aromatic ring is 1. The van der Waals surface area contributed by atoms with Crippen molar-refractivity contribution >= 4 is 28.4 Å². The highest BCUT2D eigenvalue weighted by molar-refractivity contribution is 7.99. The minimum atomic E-state index is -0.151. The van der Waals surface area contributed by atoms with E-state index < -0.39 is 0 Å². The van der Waals surface area contributed by atoms with Crippen LogP contribution in [0.25, 0.3) is 10.9 Å². The number of fused-ring (bicyclic) bond motifs is 1. The van der Waals surface area contributed by atoms with Crippen molar-refractivity contribution in [3.63, 3.8) is 0 Å². The van der Waals surface area contributed by atoms with Crippen molar-refractivity contribution in [1.82, 2.24) is 9.97 Å². The van der Waals surface area contributed by atoms with Crippen LogP contribution in [-0.2, 0) is 4.74 Å². The summed E-state index contributed by atoms with van der Waals surface area (Å²) < 4.78 is 4.97. The summed E-state index contributed by atoms with van der Waals surface area (Å²) >= 11 is 1.52. The first kappa shape index (κ1) is 12.9. The van der Waals surface area contributed by atoms with E-state index in [2.05, 4.69) is 9.97 Å². The Labute approximate surface area is 109 Å². The fourth-order valence-corrected chi connectivity index (χ4v) is 2.36. The predicted molar refractivity (Wildman–Crippen MR) is 74.0 cm³/mol. The van der Waals surface area contributed by atoms with Gasteiger partial charge in [0.1, 0.15) is 0 Å². The third-order valence-corrected chi connectivity index (χ3v) is 3.40. The fraction of sp³-hybridized carbons (Fsp3) is 0.333. The number of H-pyrrole nitrogens is 1. The Morgan fingerprint density at radius 2 is 2.33 bits per heavy atom. The van der Waals surface area contributed by atoms with Gasteiger partial charge in [-0.1, -0.05) is 11.8 Å². The fourth-order valence-electron chi connectivity index (χ4n) is 1.58. The number of nitrogens with two attached hydrogens (primary N) is 1. The normalized spacial score (nSPS) is 10.9. The second-order valence-electron chi connectivity index (χ2n) is 3.84. The highest BCUT2D eigenvalue weighted by Gasteiger charge is 2.04. The van der Waals surface area contributed by atoms with Gasteiger partial charge in [-0.3, -0.25) is 4.79 Å². The van der Waals surface area contributed by atoms with Gasteiger partial charge in [0.2, 0.25) is 0 Å². The molecule has 0 fully saturated rings. The molecule has 6 heteroatoms. The number of nitrogens with zero attached hydrogens (tertiary/aromatic N) is 1. The molecular weight excluding hydrogens is 250 g/mol. The average molecular weight is 265 g/mol. The topological polar surface area (TPSA) is 81.0 Å². The summed E-state index contributed by atoms with van der Waals surface area (Å²) in [5, 5.41) is 1.16. The van der Waals surface area contributed by atoms with Crippen molar-refractivity contribution in [1.29, 1.82) is 0 Å². The van der Waals surface area contributed by atoms with Gasteiger partial charge in [-0.15, -0.1) is 0 Å². The van der Waals surface area contributed by atoms with Crippen molar-refractivity contribution in [3.8, 4) is 0 Å². The highest BCUT2D eigenvalue weighted by Crippen LogP contribution is 2.17. The Kier molecular flexibility index (Phi) is 4.22. The van der Waals surface area contributed by atoms with Gasteiger partial charge in [0, 0.05) is 25.2 Å². The molecular formula is C12H15N3O2S. The number of nitrogens with one attached hydrogen (secondary N) is 1. The maximum Gasteiger partial charge on any atom is 0.259 e. The van der Waals surface area contributed by atoms with Crippen molar-refractivity contribution in [3.05, 3.63) is 28.6 Å². The van der Waals surface area contributed by atoms with Gasteiger partial charge in [-0.2, -0.15) is 0 Å². The molecule has 1 aromatic carbocycles. The van der Waals surface area contributed by atoms with E-state index in [4.69, 9.17) is 10.5 Å². The van der Waals surface area contributed by atoms with E-state index in [9.17, 15) is 4.79 Å². The van der Waals surface area contributed by atoms with Gasteiger partial charge < -0.3 is 15.5 Å². The molecule has 1 heterocycles. The van der Waals surface area contributed by atoms with Crippen molar-refractivity contribution in [2.75, 3.05) is 25.2 Å². The van der Waals surface area contributed by atoms with Crippen LogP contribution < -0.4 is 11.3 Å². The summed E-state index contributed by atoms with van der Waals surface area (Å²) in [5.41, 5.74) is 6.73. The third kappa shape index (κ3) is 3.02. The second-order valence-corrected chi connectivity index (χ2v) is 4.93. The Morgan fingerprint density at radius 3 is 3.11 bits per heavy atom. The van der Waals surface area contributed by atoms with Crippen LogP contribution >= 0.6 is 11.8 Å². The zero-order valence-electron chi connectivity index (χ0n) is 10.1. The van der Waals surface area contributed by atoms with E-state index in [1.165, 1.54) is 11.8 Å². The number of rotatable bonds is 5. The molecule has 2 rings (SSSR count). The maximum atomic E-state index is 11.9. The molecule has 3 N–H and O–H groups in total. The zero-order valence-corrected chi connectivity index (χ0v) is 10.9. The van der Waals surface area contributed by atoms with E-state index in [1.54, 1.807) is 25.3 Å². The number of hydrogen-bond acceptors (Lipinski definition) is 5. The van der Waals surface area contributed by atoms with Gasteiger partial charge >= 0.3 is 0 Å². The lowest BCUT2D eigenvalue weighted by molar-refractivity contribution is 0.200. The van der Waals surface area contributed by atoms with E-state index >= 15 is 0 Å². The van der Waals surface area contributed by atoms with E-state index in [1.807, 2.05) is 0 Å². The molecule has 0 saturated heterocycles. The largest absolute Gasteiger partial charge is 0.399 e. The van der Waals surface area contributed by atoms with Gasteiger partial charge in [-0.25, -0.2) is 4.98 Å². The molecule has 2 aromatic rings. The van der Waals surface area contributed by atoms with Crippen LogP contribution in [-0.4, -0.2) is 29.4 Å². The lowest BCUT2D eigenvalue weighted by atomic mass is 10.2. The van der Waals surface area contributed by atoms with E-state index in [0.29, 0.717) is 28.4 Å². The van der Waals surface area contributed by atoms with Crippen LogP contribution in [0.5, 0.6) is 0 Å². The molecule has 0 aliphatic rings. The van der Waals surface area contributed by atoms with Crippen LogP contribution in [0.15, 0.2) is 28.2 Å². The molecule has 0 saturated carbocycles. The lowest BCUT2D eigenvalue weighted by Gasteiger charge is -2.03.